The molecule has 0 spiro atoms. The van der Waals surface area contributed by atoms with E-state index in [2.05, 4.69) is 23.8 Å². The summed E-state index contributed by atoms with van der Waals surface area (Å²) in [4.78, 5) is 11.4. The molecule has 0 aromatic carbocycles. The molecule has 0 aromatic heterocycles. The Hall–Kier alpha value is -0.880. The van der Waals surface area contributed by atoms with Crippen molar-refractivity contribution < 1.29 is 22.5 Å². The Bertz CT molecular complexity index is 456. The van der Waals surface area contributed by atoms with Gasteiger partial charge in [0.1, 0.15) is 0 Å². The van der Waals surface area contributed by atoms with Crippen LogP contribution in [0.2, 0.25) is 0 Å². The van der Waals surface area contributed by atoms with Gasteiger partial charge in [-0.25, -0.2) is 0 Å². The van der Waals surface area contributed by atoms with Crippen LogP contribution in [0.25, 0.3) is 0 Å². The van der Waals surface area contributed by atoms with Crippen molar-refractivity contribution >= 4 is 16.1 Å². The number of ether oxygens (including phenoxy) is 1. The first kappa shape index (κ1) is 24.1. The Balaban J connectivity index is 3.60. The lowest BCUT2D eigenvalue weighted by atomic mass is 10.1. The molecule has 148 valence electrons. The SMILES string of the molecule is CCCCCCCC/C=C\CCCCCCC(C(=O)OC)S(=O)(=O)O. The zero-order valence-corrected chi connectivity index (χ0v) is 16.7. The Labute approximate surface area is 154 Å². The molecule has 0 aliphatic rings. The lowest BCUT2D eigenvalue weighted by Crippen LogP contribution is -2.30. The van der Waals surface area contributed by atoms with Gasteiger partial charge in [0, 0.05) is 0 Å². The topological polar surface area (TPSA) is 80.7 Å². The van der Waals surface area contributed by atoms with Crippen molar-refractivity contribution in [3.05, 3.63) is 12.2 Å². The third-order valence-corrected chi connectivity index (χ3v) is 5.45. The van der Waals surface area contributed by atoms with Crippen molar-refractivity contribution in [2.45, 2.75) is 95.6 Å². The monoisotopic (exact) mass is 376 g/mol. The quantitative estimate of drug-likeness (QED) is 0.176. The van der Waals surface area contributed by atoms with Gasteiger partial charge in [-0.2, -0.15) is 8.42 Å². The van der Waals surface area contributed by atoms with Crippen molar-refractivity contribution in [3.63, 3.8) is 0 Å². The molecule has 0 aromatic rings. The molecule has 0 bridgehead atoms. The van der Waals surface area contributed by atoms with Crippen molar-refractivity contribution in [3.8, 4) is 0 Å². The van der Waals surface area contributed by atoms with E-state index in [9.17, 15) is 13.2 Å². The van der Waals surface area contributed by atoms with E-state index in [4.69, 9.17) is 4.55 Å². The summed E-state index contributed by atoms with van der Waals surface area (Å²) in [6.45, 7) is 2.23. The number of unbranched alkanes of at least 4 members (excludes halogenated alkanes) is 10. The van der Waals surface area contributed by atoms with Crippen LogP contribution < -0.4 is 0 Å². The van der Waals surface area contributed by atoms with Crippen LogP contribution >= 0.6 is 0 Å². The number of methoxy groups -OCH3 is 1. The highest BCUT2D eigenvalue weighted by molar-refractivity contribution is 7.87. The van der Waals surface area contributed by atoms with Gasteiger partial charge in [0.25, 0.3) is 10.1 Å². The van der Waals surface area contributed by atoms with Gasteiger partial charge in [-0.15, -0.1) is 0 Å². The minimum atomic E-state index is -4.38. The molecule has 0 radical (unpaired) electrons. The number of allylic oxidation sites excluding steroid dienone is 2. The second-order valence-electron chi connectivity index (χ2n) is 6.55. The molecule has 5 nitrogen and oxygen atoms in total. The summed E-state index contributed by atoms with van der Waals surface area (Å²) in [6, 6.07) is 0. The van der Waals surface area contributed by atoms with Gasteiger partial charge in [-0.05, 0) is 32.1 Å². The molecule has 6 heteroatoms. The molecule has 0 rings (SSSR count). The highest BCUT2D eigenvalue weighted by Gasteiger charge is 2.31. The first-order chi connectivity index (χ1) is 11.9. The summed E-state index contributed by atoms with van der Waals surface area (Å²) in [5.41, 5.74) is 0. The van der Waals surface area contributed by atoms with E-state index in [-0.39, 0.29) is 6.42 Å². The van der Waals surface area contributed by atoms with E-state index in [0.717, 1.165) is 39.2 Å². The maximum absolute atomic E-state index is 11.4. The molecule has 0 aliphatic carbocycles. The van der Waals surface area contributed by atoms with Gasteiger partial charge in [-0.1, -0.05) is 70.4 Å². The molecular weight excluding hydrogens is 340 g/mol. The number of hydrogen-bond acceptors (Lipinski definition) is 4. The molecule has 0 saturated heterocycles. The number of carbonyl (C=O) groups excluding carboxylic acids is 1. The Morgan fingerprint density at radius 3 is 1.88 bits per heavy atom. The molecule has 0 saturated carbocycles. The molecule has 0 fully saturated rings. The maximum atomic E-state index is 11.4. The van der Waals surface area contributed by atoms with Crippen LogP contribution in [-0.4, -0.2) is 31.3 Å². The van der Waals surface area contributed by atoms with Gasteiger partial charge in [-0.3, -0.25) is 9.35 Å². The Morgan fingerprint density at radius 2 is 1.40 bits per heavy atom. The molecule has 1 N–H and O–H groups in total. The van der Waals surface area contributed by atoms with Gasteiger partial charge in [0.2, 0.25) is 0 Å². The van der Waals surface area contributed by atoms with Crippen LogP contribution in [0.15, 0.2) is 12.2 Å². The second-order valence-corrected chi connectivity index (χ2v) is 8.15. The Morgan fingerprint density at radius 1 is 0.920 bits per heavy atom. The molecule has 1 atom stereocenters. The molecule has 25 heavy (non-hydrogen) atoms. The maximum Gasteiger partial charge on any atom is 0.326 e. The van der Waals surface area contributed by atoms with Gasteiger partial charge in [0.05, 0.1) is 7.11 Å². The minimum Gasteiger partial charge on any atom is -0.468 e. The Kier molecular flexibility index (Phi) is 14.8. The van der Waals surface area contributed by atoms with E-state index in [1.54, 1.807) is 0 Å². The second kappa shape index (κ2) is 15.4. The van der Waals surface area contributed by atoms with E-state index in [1.165, 1.54) is 38.5 Å². The molecule has 1 unspecified atom stereocenters. The largest absolute Gasteiger partial charge is 0.468 e. The summed E-state index contributed by atoms with van der Waals surface area (Å²) in [5, 5.41) is -1.45. The zero-order valence-electron chi connectivity index (χ0n) is 15.9. The van der Waals surface area contributed by atoms with Crippen molar-refractivity contribution in [2.24, 2.45) is 0 Å². The predicted molar refractivity (Wildman–Crippen MR) is 102 cm³/mol. The first-order valence-corrected chi connectivity index (χ1v) is 11.1. The number of carbonyl (C=O) groups is 1. The van der Waals surface area contributed by atoms with Crippen molar-refractivity contribution in [2.75, 3.05) is 7.11 Å². The lowest BCUT2D eigenvalue weighted by molar-refractivity contribution is -0.140. The molecule has 0 aliphatic heterocycles. The van der Waals surface area contributed by atoms with E-state index < -0.39 is 21.3 Å². The summed E-state index contributed by atoms with van der Waals surface area (Å²) < 4.78 is 35.8. The molecule has 0 heterocycles. The van der Waals surface area contributed by atoms with Crippen molar-refractivity contribution in [1.82, 2.24) is 0 Å². The average Bonchev–Trinajstić information content (AvgIpc) is 2.56. The minimum absolute atomic E-state index is 0.110. The fraction of sp³-hybridized carbons (Fsp3) is 0.842. The predicted octanol–water partition coefficient (Wildman–Crippen LogP) is 5.06. The highest BCUT2D eigenvalue weighted by Crippen LogP contribution is 2.14. The molecule has 0 amide bonds. The van der Waals surface area contributed by atoms with Gasteiger partial charge in [0.15, 0.2) is 5.25 Å². The van der Waals surface area contributed by atoms with Crippen LogP contribution in [0, 0.1) is 0 Å². The van der Waals surface area contributed by atoms with Crippen LogP contribution in [0.1, 0.15) is 90.4 Å². The van der Waals surface area contributed by atoms with Gasteiger partial charge < -0.3 is 4.74 Å². The highest BCUT2D eigenvalue weighted by atomic mass is 32.2. The summed E-state index contributed by atoms with van der Waals surface area (Å²) in [5.74, 6) is -0.889. The number of hydrogen-bond donors (Lipinski definition) is 1. The first-order valence-electron chi connectivity index (χ1n) is 9.62. The fourth-order valence-corrected chi connectivity index (χ4v) is 3.55. The van der Waals surface area contributed by atoms with E-state index in [1.807, 2.05) is 0 Å². The van der Waals surface area contributed by atoms with Crippen molar-refractivity contribution in [1.29, 1.82) is 0 Å². The van der Waals surface area contributed by atoms with Crippen LogP contribution in [-0.2, 0) is 19.6 Å². The van der Waals surface area contributed by atoms with Crippen LogP contribution in [0.3, 0.4) is 0 Å². The summed E-state index contributed by atoms with van der Waals surface area (Å²) in [7, 11) is -3.26. The number of esters is 1. The van der Waals surface area contributed by atoms with E-state index >= 15 is 0 Å². The van der Waals surface area contributed by atoms with Gasteiger partial charge >= 0.3 is 5.97 Å². The standard InChI is InChI=1S/C19H36O5S/c1-3-4-5-6-7-8-9-10-11-12-13-14-15-16-17-18(19(20)24-2)25(21,22)23/h10-11,18H,3-9,12-17H2,1-2H3,(H,21,22,23)/b11-10-. The zero-order chi connectivity index (χ0) is 19.0. The van der Waals surface area contributed by atoms with Crippen LogP contribution in [0.5, 0.6) is 0 Å². The summed E-state index contributed by atoms with van der Waals surface area (Å²) >= 11 is 0. The fourth-order valence-electron chi connectivity index (χ4n) is 2.74. The molecular formula is C19H36O5S. The number of rotatable bonds is 16. The smallest absolute Gasteiger partial charge is 0.326 e. The third kappa shape index (κ3) is 14.0. The lowest BCUT2D eigenvalue weighted by Gasteiger charge is -2.10. The average molecular weight is 377 g/mol. The normalized spacial score (nSPS) is 13.2. The van der Waals surface area contributed by atoms with E-state index in [0.29, 0.717) is 6.42 Å². The van der Waals surface area contributed by atoms with Crippen LogP contribution in [0.4, 0.5) is 0 Å². The third-order valence-electron chi connectivity index (χ3n) is 4.30. The summed E-state index contributed by atoms with van der Waals surface area (Å²) in [6.07, 6.45) is 18.2.